The van der Waals surface area contributed by atoms with E-state index in [-0.39, 0.29) is 12.1 Å². The van der Waals surface area contributed by atoms with Crippen molar-refractivity contribution in [2.45, 2.75) is 25.0 Å². The fourth-order valence-corrected chi connectivity index (χ4v) is 2.83. The molecule has 2 aromatic rings. The van der Waals surface area contributed by atoms with E-state index in [2.05, 4.69) is 15.3 Å². The fourth-order valence-electron chi connectivity index (χ4n) is 2.61. The molecule has 2 aromatic heterocycles. The molecule has 1 aliphatic heterocycles. The molecule has 0 saturated carbocycles. The summed E-state index contributed by atoms with van der Waals surface area (Å²) < 4.78 is 7.81. The molecule has 6 nitrogen and oxygen atoms in total. The van der Waals surface area contributed by atoms with Crippen molar-refractivity contribution in [3.8, 4) is 6.07 Å². The third-order valence-corrected chi connectivity index (χ3v) is 4.07. The van der Waals surface area contributed by atoms with Gasteiger partial charge < -0.3 is 14.6 Å². The molecule has 3 rings (SSSR count). The minimum Gasteiger partial charge on any atom is -0.372 e. The number of halogens is 1. The summed E-state index contributed by atoms with van der Waals surface area (Å²) in [6, 6.07) is 3.86. The molecule has 1 N–H and O–H groups in total. The Hall–Kier alpha value is -2.10. The van der Waals surface area contributed by atoms with Crippen molar-refractivity contribution >= 4 is 17.4 Å². The predicted octanol–water partition coefficient (Wildman–Crippen LogP) is 2.67. The number of anilines is 1. The highest BCUT2D eigenvalue weighted by Crippen LogP contribution is 2.30. The molecule has 7 heteroatoms. The van der Waals surface area contributed by atoms with Gasteiger partial charge in [0.2, 0.25) is 0 Å². The lowest BCUT2D eigenvalue weighted by Gasteiger charge is -2.30. The zero-order valence-electron chi connectivity index (χ0n) is 12.2. The number of pyridine rings is 1. The zero-order valence-corrected chi connectivity index (χ0v) is 12.9. The van der Waals surface area contributed by atoms with E-state index >= 15 is 0 Å². The van der Waals surface area contributed by atoms with Gasteiger partial charge in [-0.25, -0.2) is 9.97 Å². The second kappa shape index (κ2) is 6.34. The van der Waals surface area contributed by atoms with Crippen LogP contribution >= 0.6 is 11.6 Å². The Kier molecular flexibility index (Phi) is 4.27. The highest BCUT2D eigenvalue weighted by atomic mass is 35.5. The first-order chi connectivity index (χ1) is 10.7. The molecule has 0 amide bonds. The number of hydrogen-bond acceptors (Lipinski definition) is 5. The van der Waals surface area contributed by atoms with Crippen molar-refractivity contribution < 1.29 is 4.74 Å². The second-order valence-corrected chi connectivity index (χ2v) is 5.73. The SMILES string of the molecule is Cn1cncc1[C@H]1C[C@@H](Nc2ncc(C#N)cc2Cl)CCO1. The van der Waals surface area contributed by atoms with E-state index in [9.17, 15) is 0 Å². The number of nitrogens with zero attached hydrogens (tertiary/aromatic N) is 4. The van der Waals surface area contributed by atoms with Crippen LogP contribution in [0, 0.1) is 11.3 Å². The Labute approximate surface area is 133 Å². The van der Waals surface area contributed by atoms with Gasteiger partial charge in [-0.05, 0) is 18.9 Å². The maximum atomic E-state index is 8.85. The van der Waals surface area contributed by atoms with Crippen LogP contribution in [-0.4, -0.2) is 27.2 Å². The van der Waals surface area contributed by atoms with E-state index in [1.54, 1.807) is 12.4 Å². The van der Waals surface area contributed by atoms with Crippen LogP contribution in [0.2, 0.25) is 5.02 Å². The highest BCUT2D eigenvalue weighted by molar-refractivity contribution is 6.33. The summed E-state index contributed by atoms with van der Waals surface area (Å²) >= 11 is 6.17. The van der Waals surface area contributed by atoms with Crippen LogP contribution in [-0.2, 0) is 11.8 Å². The van der Waals surface area contributed by atoms with E-state index in [0.29, 0.717) is 23.0 Å². The van der Waals surface area contributed by atoms with Crippen LogP contribution in [0.5, 0.6) is 0 Å². The first-order valence-corrected chi connectivity index (χ1v) is 7.45. The lowest BCUT2D eigenvalue weighted by molar-refractivity contribution is 0.00554. The Morgan fingerprint density at radius 3 is 3.05 bits per heavy atom. The molecule has 1 aliphatic rings. The summed E-state index contributed by atoms with van der Waals surface area (Å²) in [5.74, 6) is 0.608. The van der Waals surface area contributed by atoms with E-state index < -0.39 is 0 Å². The van der Waals surface area contributed by atoms with Gasteiger partial charge in [0.15, 0.2) is 0 Å². The maximum Gasteiger partial charge on any atom is 0.145 e. The normalized spacial score (nSPS) is 21.3. The average Bonchev–Trinajstić information content (AvgIpc) is 2.96. The predicted molar refractivity (Wildman–Crippen MR) is 82.5 cm³/mol. The number of aromatic nitrogens is 3. The van der Waals surface area contributed by atoms with Gasteiger partial charge in [0.25, 0.3) is 0 Å². The van der Waals surface area contributed by atoms with Gasteiger partial charge in [0, 0.05) is 25.9 Å². The molecule has 22 heavy (non-hydrogen) atoms. The third kappa shape index (κ3) is 3.06. The van der Waals surface area contributed by atoms with Gasteiger partial charge in [-0.2, -0.15) is 5.26 Å². The van der Waals surface area contributed by atoms with Gasteiger partial charge in [-0.1, -0.05) is 11.6 Å². The number of hydrogen-bond donors (Lipinski definition) is 1. The minimum absolute atomic E-state index is 0.0101. The van der Waals surface area contributed by atoms with E-state index in [0.717, 1.165) is 18.5 Å². The quantitative estimate of drug-likeness (QED) is 0.942. The van der Waals surface area contributed by atoms with Crippen molar-refractivity contribution in [3.05, 3.63) is 41.1 Å². The van der Waals surface area contributed by atoms with Gasteiger partial charge >= 0.3 is 0 Å². The summed E-state index contributed by atoms with van der Waals surface area (Å²) in [5, 5.41) is 12.7. The van der Waals surface area contributed by atoms with Crippen LogP contribution in [0.1, 0.15) is 30.2 Å². The lowest BCUT2D eigenvalue weighted by atomic mass is 10.0. The van der Waals surface area contributed by atoms with Crippen molar-refractivity contribution in [3.63, 3.8) is 0 Å². The number of imidazole rings is 1. The van der Waals surface area contributed by atoms with Crippen LogP contribution < -0.4 is 5.32 Å². The van der Waals surface area contributed by atoms with Crippen molar-refractivity contribution in [2.75, 3.05) is 11.9 Å². The zero-order chi connectivity index (χ0) is 15.5. The third-order valence-electron chi connectivity index (χ3n) is 3.78. The molecule has 0 radical (unpaired) electrons. The first-order valence-electron chi connectivity index (χ1n) is 7.07. The molecule has 0 spiro atoms. The number of aryl methyl sites for hydroxylation is 1. The van der Waals surface area contributed by atoms with Crippen LogP contribution in [0.4, 0.5) is 5.82 Å². The number of ether oxygens (including phenoxy) is 1. The van der Waals surface area contributed by atoms with Crippen LogP contribution in [0.15, 0.2) is 24.8 Å². The molecule has 1 fully saturated rings. The molecule has 3 heterocycles. The molecule has 114 valence electrons. The van der Waals surface area contributed by atoms with Gasteiger partial charge in [-0.15, -0.1) is 0 Å². The smallest absolute Gasteiger partial charge is 0.145 e. The van der Waals surface area contributed by atoms with Crippen LogP contribution in [0.25, 0.3) is 0 Å². The summed E-state index contributed by atoms with van der Waals surface area (Å²) in [6.07, 6.45) is 6.83. The number of nitriles is 1. The van der Waals surface area contributed by atoms with Crippen molar-refractivity contribution in [2.24, 2.45) is 7.05 Å². The van der Waals surface area contributed by atoms with E-state index in [1.165, 1.54) is 6.20 Å². The number of nitrogens with one attached hydrogen (secondary N) is 1. The molecular formula is C15H16ClN5O. The van der Waals surface area contributed by atoms with Crippen molar-refractivity contribution in [1.29, 1.82) is 5.26 Å². The fraction of sp³-hybridized carbons (Fsp3) is 0.400. The average molecular weight is 318 g/mol. The minimum atomic E-state index is 0.0101. The second-order valence-electron chi connectivity index (χ2n) is 5.32. The molecule has 0 unspecified atom stereocenters. The molecular weight excluding hydrogens is 302 g/mol. The largest absolute Gasteiger partial charge is 0.372 e. The Morgan fingerprint density at radius 1 is 1.50 bits per heavy atom. The highest BCUT2D eigenvalue weighted by Gasteiger charge is 2.26. The Balaban J connectivity index is 1.71. The standard InChI is InChI=1S/C15H16ClN5O/c1-21-9-18-8-13(21)14-5-11(2-3-22-14)20-15-12(16)4-10(6-17)7-19-15/h4,7-9,11,14H,2-3,5H2,1H3,(H,19,20)/t11-,14+/m0/s1. The summed E-state index contributed by atoms with van der Waals surface area (Å²) in [5.41, 5.74) is 1.51. The Morgan fingerprint density at radius 2 is 2.36 bits per heavy atom. The van der Waals surface area contributed by atoms with Crippen LogP contribution in [0.3, 0.4) is 0 Å². The molecule has 2 atom stereocenters. The first kappa shape index (κ1) is 14.8. The Bertz CT molecular complexity index is 708. The van der Waals surface area contributed by atoms with E-state index in [1.807, 2.05) is 23.9 Å². The van der Waals surface area contributed by atoms with Gasteiger partial charge in [0.1, 0.15) is 18.0 Å². The van der Waals surface area contributed by atoms with Gasteiger partial charge in [0.05, 0.1) is 28.8 Å². The van der Waals surface area contributed by atoms with Gasteiger partial charge in [-0.3, -0.25) is 0 Å². The molecule has 0 bridgehead atoms. The molecule has 1 saturated heterocycles. The van der Waals surface area contributed by atoms with Crippen molar-refractivity contribution in [1.82, 2.24) is 14.5 Å². The topological polar surface area (TPSA) is 75.8 Å². The molecule has 0 aromatic carbocycles. The summed E-state index contributed by atoms with van der Waals surface area (Å²) in [7, 11) is 1.96. The summed E-state index contributed by atoms with van der Waals surface area (Å²) in [4.78, 5) is 8.36. The monoisotopic (exact) mass is 317 g/mol. The lowest BCUT2D eigenvalue weighted by Crippen LogP contribution is -2.31. The summed E-state index contributed by atoms with van der Waals surface area (Å²) in [6.45, 7) is 0.668. The van der Waals surface area contributed by atoms with E-state index in [4.69, 9.17) is 21.6 Å². The number of rotatable bonds is 3. The maximum absolute atomic E-state index is 8.85. The molecule has 0 aliphatic carbocycles.